The molecule has 3 atom stereocenters. The first-order valence-corrected chi connectivity index (χ1v) is 10.2. The zero-order valence-corrected chi connectivity index (χ0v) is 18.5. The fourth-order valence-electron chi connectivity index (χ4n) is 3.74. The number of rotatable bonds is 3. The third kappa shape index (κ3) is 4.94. The summed E-state index contributed by atoms with van der Waals surface area (Å²) < 4.78 is 19.7. The molecule has 1 aromatic heterocycles. The van der Waals surface area contributed by atoms with Crippen molar-refractivity contribution < 1.29 is 14.2 Å². The minimum Gasteiger partial charge on any atom is -0.498 e. The highest BCUT2D eigenvalue weighted by Crippen LogP contribution is 2.41. The highest BCUT2D eigenvalue weighted by molar-refractivity contribution is 6.30. The van der Waals surface area contributed by atoms with Gasteiger partial charge in [0.05, 0.1) is 25.5 Å². The van der Waals surface area contributed by atoms with Crippen molar-refractivity contribution >= 4 is 17.4 Å². The third-order valence-electron chi connectivity index (χ3n) is 5.27. The van der Waals surface area contributed by atoms with Gasteiger partial charge >= 0.3 is 0 Å². The van der Waals surface area contributed by atoms with Gasteiger partial charge in [-0.1, -0.05) is 23.8 Å². The quantitative estimate of drug-likeness (QED) is 0.290. The van der Waals surface area contributed by atoms with Gasteiger partial charge in [0.1, 0.15) is 17.7 Å². The topological polar surface area (TPSA) is 109 Å². The van der Waals surface area contributed by atoms with Crippen molar-refractivity contribution in [3.63, 3.8) is 0 Å². The fourth-order valence-corrected chi connectivity index (χ4v) is 3.92. The molecule has 1 aliphatic heterocycles. The first-order valence-electron chi connectivity index (χ1n) is 9.78. The SMILES string of the molecule is C/C(=N/N)NN.COC1=CC=CC(C2OCc3cccn3-c3ccc(Cl)cc32)C1OC. The largest absolute Gasteiger partial charge is 0.498 e. The van der Waals surface area contributed by atoms with Gasteiger partial charge in [0.2, 0.25) is 0 Å². The van der Waals surface area contributed by atoms with Crippen LogP contribution in [0.3, 0.4) is 0 Å². The standard InChI is InChI=1S/C20H20ClNO3.C2H8N4/c1-23-18-7-3-6-15(20(18)24-2)19-16-11-13(21)8-9-17(16)22-10-4-5-14(22)12-25-19;1-2(5-3)6-4/h3-11,15,19-20H,12H2,1-2H3;3-4H2,1H3,(H,5,6). The van der Waals surface area contributed by atoms with Gasteiger partial charge in [-0.2, -0.15) is 5.10 Å². The van der Waals surface area contributed by atoms with E-state index in [9.17, 15) is 0 Å². The van der Waals surface area contributed by atoms with Crippen molar-refractivity contribution in [2.24, 2.45) is 22.7 Å². The van der Waals surface area contributed by atoms with Gasteiger partial charge in [-0.25, -0.2) is 5.84 Å². The minimum atomic E-state index is -0.204. The smallest absolute Gasteiger partial charge is 0.132 e. The van der Waals surface area contributed by atoms with Gasteiger partial charge in [0.25, 0.3) is 0 Å². The number of methoxy groups -OCH3 is 2. The number of ether oxygens (including phenoxy) is 3. The van der Waals surface area contributed by atoms with Gasteiger partial charge in [-0.15, -0.1) is 0 Å². The molecule has 0 bridgehead atoms. The van der Waals surface area contributed by atoms with Gasteiger partial charge < -0.3 is 30.0 Å². The van der Waals surface area contributed by atoms with Crippen LogP contribution in [0, 0.1) is 5.92 Å². The normalized spacial score (nSPS) is 22.3. The van der Waals surface area contributed by atoms with Crippen LogP contribution in [0.5, 0.6) is 0 Å². The Hall–Kier alpha value is -2.78. The van der Waals surface area contributed by atoms with E-state index in [1.807, 2.05) is 36.4 Å². The van der Waals surface area contributed by atoms with Crippen LogP contribution in [0.2, 0.25) is 5.02 Å². The molecule has 3 unspecified atom stereocenters. The number of amidine groups is 1. The Morgan fingerprint density at radius 1 is 1.32 bits per heavy atom. The molecule has 166 valence electrons. The highest BCUT2D eigenvalue weighted by atomic mass is 35.5. The number of nitrogens with one attached hydrogen (secondary N) is 1. The van der Waals surface area contributed by atoms with E-state index >= 15 is 0 Å². The Bertz CT molecular complexity index is 985. The first-order chi connectivity index (χ1) is 15.0. The molecular weight excluding hydrogens is 418 g/mol. The lowest BCUT2D eigenvalue weighted by molar-refractivity contribution is -0.0450. The number of aromatic nitrogens is 1. The summed E-state index contributed by atoms with van der Waals surface area (Å²) >= 11 is 6.31. The Labute approximate surface area is 187 Å². The van der Waals surface area contributed by atoms with E-state index in [2.05, 4.69) is 33.4 Å². The predicted octanol–water partition coefficient (Wildman–Crippen LogP) is 3.18. The molecule has 2 aromatic rings. The van der Waals surface area contributed by atoms with Crippen molar-refractivity contribution in [1.82, 2.24) is 9.99 Å². The van der Waals surface area contributed by atoms with Crippen LogP contribution in [0.25, 0.3) is 5.69 Å². The van der Waals surface area contributed by atoms with Crippen LogP contribution in [0.1, 0.15) is 24.3 Å². The van der Waals surface area contributed by atoms with Crippen molar-refractivity contribution in [1.29, 1.82) is 0 Å². The molecule has 2 aliphatic rings. The molecule has 9 heteroatoms. The molecular formula is C22H28ClN5O3. The number of hydrazone groups is 1. The van der Waals surface area contributed by atoms with Crippen LogP contribution < -0.4 is 17.1 Å². The van der Waals surface area contributed by atoms with Crippen LogP contribution in [0.4, 0.5) is 0 Å². The molecule has 0 spiro atoms. The van der Waals surface area contributed by atoms with E-state index in [0.29, 0.717) is 17.5 Å². The number of allylic oxidation sites excluding steroid dienone is 2. The van der Waals surface area contributed by atoms with Crippen molar-refractivity contribution in [2.75, 3.05) is 14.2 Å². The second kappa shape index (κ2) is 10.5. The maximum atomic E-state index is 6.34. The molecule has 1 aromatic carbocycles. The van der Waals surface area contributed by atoms with Gasteiger partial charge in [0.15, 0.2) is 0 Å². The van der Waals surface area contributed by atoms with E-state index in [-0.39, 0.29) is 18.1 Å². The van der Waals surface area contributed by atoms with Gasteiger partial charge in [-0.3, -0.25) is 0 Å². The fraction of sp³-hybridized carbons (Fsp3) is 0.318. The van der Waals surface area contributed by atoms with E-state index < -0.39 is 0 Å². The van der Waals surface area contributed by atoms with Crippen LogP contribution in [-0.2, 0) is 20.8 Å². The molecule has 0 saturated heterocycles. The molecule has 31 heavy (non-hydrogen) atoms. The van der Waals surface area contributed by atoms with Crippen LogP contribution in [-0.4, -0.2) is 30.7 Å². The zero-order chi connectivity index (χ0) is 22.4. The summed E-state index contributed by atoms with van der Waals surface area (Å²) in [6, 6.07) is 10.1. The number of hydrazine groups is 1. The van der Waals surface area contributed by atoms with Crippen molar-refractivity contribution in [3.8, 4) is 5.69 Å². The number of hydrogen-bond donors (Lipinski definition) is 3. The Morgan fingerprint density at radius 3 is 2.77 bits per heavy atom. The first kappa shape index (κ1) is 22.9. The molecule has 5 N–H and O–H groups in total. The van der Waals surface area contributed by atoms with Crippen molar-refractivity contribution in [2.45, 2.75) is 25.7 Å². The summed E-state index contributed by atoms with van der Waals surface area (Å²) in [6.45, 7) is 2.19. The zero-order valence-electron chi connectivity index (χ0n) is 17.8. The maximum Gasteiger partial charge on any atom is 0.132 e. The Balaban J connectivity index is 0.000000401. The number of halogens is 1. The van der Waals surface area contributed by atoms with Gasteiger partial charge in [-0.05, 0) is 43.3 Å². The molecule has 8 nitrogen and oxygen atoms in total. The monoisotopic (exact) mass is 445 g/mol. The maximum absolute atomic E-state index is 6.34. The van der Waals surface area contributed by atoms with E-state index in [0.717, 1.165) is 22.7 Å². The number of fused-ring (bicyclic) bond motifs is 3. The minimum absolute atomic E-state index is 0.00762. The van der Waals surface area contributed by atoms with E-state index in [1.165, 1.54) is 0 Å². The Morgan fingerprint density at radius 2 is 2.13 bits per heavy atom. The molecule has 0 radical (unpaired) electrons. The molecule has 4 rings (SSSR count). The van der Waals surface area contributed by atoms with Crippen LogP contribution >= 0.6 is 11.6 Å². The summed E-state index contributed by atoms with van der Waals surface area (Å²) in [5.74, 6) is 10.9. The number of hydrogen-bond acceptors (Lipinski definition) is 6. The lowest BCUT2D eigenvalue weighted by Gasteiger charge is -2.33. The highest BCUT2D eigenvalue weighted by Gasteiger charge is 2.37. The molecule has 2 heterocycles. The van der Waals surface area contributed by atoms with Crippen LogP contribution in [0.15, 0.2) is 65.6 Å². The summed E-state index contributed by atoms with van der Waals surface area (Å²) in [6.07, 6.45) is 7.71. The number of nitrogens with two attached hydrogens (primary N) is 2. The second-order valence-corrected chi connectivity index (χ2v) is 7.49. The van der Waals surface area contributed by atoms with Crippen molar-refractivity contribution in [3.05, 3.63) is 76.8 Å². The summed E-state index contributed by atoms with van der Waals surface area (Å²) in [5.41, 5.74) is 5.49. The molecule has 0 fully saturated rings. The summed E-state index contributed by atoms with van der Waals surface area (Å²) in [5, 5.41) is 3.88. The molecule has 0 amide bonds. The summed E-state index contributed by atoms with van der Waals surface area (Å²) in [7, 11) is 3.36. The lowest BCUT2D eigenvalue weighted by atomic mass is 9.86. The van der Waals surface area contributed by atoms with E-state index in [4.69, 9.17) is 37.5 Å². The number of nitrogens with zero attached hydrogens (tertiary/aromatic N) is 2. The molecule has 0 saturated carbocycles. The average Bonchev–Trinajstić information content (AvgIpc) is 3.21. The second-order valence-electron chi connectivity index (χ2n) is 7.05. The lowest BCUT2D eigenvalue weighted by Crippen LogP contribution is -2.32. The molecule has 1 aliphatic carbocycles. The third-order valence-corrected chi connectivity index (χ3v) is 5.50. The predicted molar refractivity (Wildman–Crippen MR) is 121 cm³/mol. The Kier molecular flexibility index (Phi) is 7.75. The average molecular weight is 446 g/mol. The van der Waals surface area contributed by atoms with E-state index in [1.54, 1.807) is 21.1 Å². The number of benzene rings is 1. The van der Waals surface area contributed by atoms with Gasteiger partial charge in [0, 0.05) is 35.5 Å². The summed E-state index contributed by atoms with van der Waals surface area (Å²) in [4.78, 5) is 0.